The van der Waals surface area contributed by atoms with Crippen molar-refractivity contribution in [3.63, 3.8) is 0 Å². The van der Waals surface area contributed by atoms with Gasteiger partial charge in [0.15, 0.2) is 12.4 Å². The number of nitrogens with zero attached hydrogens (tertiary/aromatic N) is 4. The van der Waals surface area contributed by atoms with Crippen molar-refractivity contribution in [1.29, 1.82) is 5.26 Å². The van der Waals surface area contributed by atoms with E-state index in [1.54, 1.807) is 13.0 Å². The van der Waals surface area contributed by atoms with Crippen LogP contribution in [0.25, 0.3) is 0 Å². The zero-order chi connectivity index (χ0) is 22.9. The molecule has 4 rings (SSSR count). The molecule has 1 N–H and O–H groups in total. The standard InChI is InChI=1S/C21H19N5O5S/c1-3-20-23-19(24-31-20)11-26-16-8-13(2)18(9-17(16)30-12-21(26)27)32(28,29)25-15-6-4-14(10-22)5-7-15/h4-9,25H,3,11-12H2,1-2H3. The van der Waals surface area contributed by atoms with Gasteiger partial charge in [-0.25, -0.2) is 8.42 Å². The normalized spacial score (nSPS) is 13.3. The van der Waals surface area contributed by atoms with Gasteiger partial charge in [0.25, 0.3) is 15.9 Å². The molecule has 1 amide bonds. The largest absolute Gasteiger partial charge is 0.482 e. The molecule has 2 heterocycles. The summed E-state index contributed by atoms with van der Waals surface area (Å²) in [7, 11) is -3.94. The zero-order valence-electron chi connectivity index (χ0n) is 17.3. The highest BCUT2D eigenvalue weighted by molar-refractivity contribution is 7.92. The number of nitriles is 1. The molecule has 1 aromatic heterocycles. The van der Waals surface area contributed by atoms with Crippen molar-refractivity contribution in [2.24, 2.45) is 0 Å². The molecule has 3 aromatic rings. The molecule has 11 heteroatoms. The number of aryl methyl sites for hydroxylation is 2. The highest BCUT2D eigenvalue weighted by atomic mass is 32.2. The fourth-order valence-corrected chi connectivity index (χ4v) is 4.56. The Hall–Kier alpha value is -3.91. The van der Waals surface area contributed by atoms with Crippen LogP contribution in [0.15, 0.2) is 45.8 Å². The predicted molar refractivity (Wildman–Crippen MR) is 114 cm³/mol. The average molecular weight is 453 g/mol. The first-order valence-corrected chi connectivity index (χ1v) is 11.2. The van der Waals surface area contributed by atoms with E-state index in [0.717, 1.165) is 0 Å². The monoisotopic (exact) mass is 453 g/mol. The molecule has 0 atom stereocenters. The Morgan fingerprint density at radius 1 is 1.25 bits per heavy atom. The van der Waals surface area contributed by atoms with Crippen LogP contribution in [-0.4, -0.2) is 31.1 Å². The number of benzene rings is 2. The Kier molecular flexibility index (Phi) is 5.54. The average Bonchev–Trinajstić information content (AvgIpc) is 3.23. The third kappa shape index (κ3) is 4.13. The van der Waals surface area contributed by atoms with Crippen LogP contribution in [0.1, 0.15) is 29.8 Å². The quantitative estimate of drug-likeness (QED) is 0.601. The summed E-state index contributed by atoms with van der Waals surface area (Å²) in [6, 6.07) is 11.0. The van der Waals surface area contributed by atoms with Gasteiger partial charge in [-0.1, -0.05) is 12.1 Å². The molecule has 1 aliphatic rings. The van der Waals surface area contributed by atoms with Gasteiger partial charge >= 0.3 is 0 Å². The van der Waals surface area contributed by atoms with Gasteiger partial charge in [-0.05, 0) is 42.8 Å². The number of carbonyl (C=O) groups is 1. The van der Waals surface area contributed by atoms with E-state index in [-0.39, 0.29) is 29.7 Å². The molecule has 164 valence electrons. The molecule has 0 aliphatic carbocycles. The smallest absolute Gasteiger partial charge is 0.265 e. The number of ether oxygens (including phenoxy) is 1. The Balaban J connectivity index is 1.65. The molecule has 10 nitrogen and oxygen atoms in total. The number of fused-ring (bicyclic) bond motifs is 1. The third-order valence-electron chi connectivity index (χ3n) is 4.87. The number of amides is 1. The van der Waals surface area contributed by atoms with E-state index in [2.05, 4.69) is 14.9 Å². The van der Waals surface area contributed by atoms with Crippen LogP contribution in [0.2, 0.25) is 0 Å². The first-order valence-electron chi connectivity index (χ1n) is 9.73. The molecule has 0 spiro atoms. The van der Waals surface area contributed by atoms with Gasteiger partial charge in [-0.3, -0.25) is 14.4 Å². The predicted octanol–water partition coefficient (Wildman–Crippen LogP) is 2.54. The maximum atomic E-state index is 13.0. The van der Waals surface area contributed by atoms with Crippen molar-refractivity contribution in [1.82, 2.24) is 10.1 Å². The van der Waals surface area contributed by atoms with Crippen LogP contribution in [-0.2, 0) is 27.8 Å². The van der Waals surface area contributed by atoms with Crippen LogP contribution in [0, 0.1) is 18.3 Å². The van der Waals surface area contributed by atoms with Crippen molar-refractivity contribution in [3.8, 4) is 11.8 Å². The molecular weight excluding hydrogens is 434 g/mol. The third-order valence-corrected chi connectivity index (χ3v) is 6.39. The Morgan fingerprint density at radius 3 is 2.66 bits per heavy atom. The number of sulfonamides is 1. The van der Waals surface area contributed by atoms with E-state index in [4.69, 9.17) is 14.5 Å². The van der Waals surface area contributed by atoms with Crippen LogP contribution in [0.4, 0.5) is 11.4 Å². The van der Waals surface area contributed by atoms with Gasteiger partial charge in [-0.15, -0.1) is 0 Å². The highest BCUT2D eigenvalue weighted by Crippen LogP contribution is 2.37. The lowest BCUT2D eigenvalue weighted by Crippen LogP contribution is -2.38. The highest BCUT2D eigenvalue weighted by Gasteiger charge is 2.30. The lowest BCUT2D eigenvalue weighted by atomic mass is 10.1. The number of anilines is 2. The second-order valence-electron chi connectivity index (χ2n) is 7.11. The maximum Gasteiger partial charge on any atom is 0.265 e. The van der Waals surface area contributed by atoms with Crippen LogP contribution in [0.5, 0.6) is 5.75 Å². The zero-order valence-corrected chi connectivity index (χ0v) is 18.1. The van der Waals surface area contributed by atoms with Crippen LogP contribution in [0.3, 0.4) is 0 Å². The van der Waals surface area contributed by atoms with Gasteiger partial charge in [0.1, 0.15) is 5.75 Å². The minimum atomic E-state index is -3.94. The summed E-state index contributed by atoms with van der Waals surface area (Å²) in [6.07, 6.45) is 0.577. The molecule has 2 aromatic carbocycles. The van der Waals surface area contributed by atoms with E-state index >= 15 is 0 Å². The summed E-state index contributed by atoms with van der Waals surface area (Å²) in [4.78, 5) is 18.2. The number of rotatable bonds is 6. The summed E-state index contributed by atoms with van der Waals surface area (Å²) >= 11 is 0. The van der Waals surface area contributed by atoms with Crippen LogP contribution < -0.4 is 14.4 Å². The van der Waals surface area contributed by atoms with E-state index < -0.39 is 10.0 Å². The van der Waals surface area contributed by atoms with Crippen molar-refractivity contribution in [2.45, 2.75) is 31.7 Å². The topological polar surface area (TPSA) is 138 Å². The van der Waals surface area contributed by atoms with Gasteiger partial charge in [0.05, 0.1) is 28.8 Å². The Labute approximate surface area is 184 Å². The molecule has 0 fully saturated rings. The number of carbonyl (C=O) groups excluding carboxylic acids is 1. The second kappa shape index (κ2) is 8.32. The molecule has 32 heavy (non-hydrogen) atoms. The van der Waals surface area contributed by atoms with E-state index in [9.17, 15) is 13.2 Å². The fraction of sp³-hybridized carbons (Fsp3) is 0.238. The SMILES string of the molecule is CCc1nc(CN2C(=O)COc3cc(S(=O)(=O)Nc4ccc(C#N)cc4)c(C)cc32)no1. The molecule has 0 unspecified atom stereocenters. The van der Waals surface area contributed by atoms with Gasteiger partial charge in [-0.2, -0.15) is 10.2 Å². The molecular formula is C21H19N5O5S. The molecule has 0 saturated heterocycles. The van der Waals surface area contributed by atoms with Crippen molar-refractivity contribution in [3.05, 3.63) is 59.2 Å². The number of hydrogen-bond acceptors (Lipinski definition) is 8. The lowest BCUT2D eigenvalue weighted by Gasteiger charge is -2.29. The summed E-state index contributed by atoms with van der Waals surface area (Å²) in [5.74, 6) is 0.771. The molecule has 0 saturated carbocycles. The number of hydrogen-bond donors (Lipinski definition) is 1. The van der Waals surface area contributed by atoms with Crippen molar-refractivity contribution >= 4 is 27.3 Å². The van der Waals surface area contributed by atoms with Crippen LogP contribution >= 0.6 is 0 Å². The molecule has 0 radical (unpaired) electrons. The first-order chi connectivity index (χ1) is 15.3. The molecule has 1 aliphatic heterocycles. The Bertz CT molecular complexity index is 1330. The Morgan fingerprint density at radius 2 is 2.00 bits per heavy atom. The second-order valence-corrected chi connectivity index (χ2v) is 8.76. The maximum absolute atomic E-state index is 13.0. The summed E-state index contributed by atoms with van der Waals surface area (Å²) in [5, 5.41) is 12.8. The fourth-order valence-electron chi connectivity index (χ4n) is 3.26. The lowest BCUT2D eigenvalue weighted by molar-refractivity contribution is -0.121. The summed E-state index contributed by atoms with van der Waals surface area (Å²) in [6.45, 7) is 3.35. The minimum Gasteiger partial charge on any atom is -0.482 e. The summed E-state index contributed by atoms with van der Waals surface area (Å²) < 4.78 is 39.1. The van der Waals surface area contributed by atoms with Gasteiger partial charge < -0.3 is 9.26 Å². The molecule has 0 bridgehead atoms. The minimum absolute atomic E-state index is 0.0164. The summed E-state index contributed by atoms with van der Waals surface area (Å²) in [5.41, 5.74) is 1.60. The van der Waals surface area contributed by atoms with E-state index in [0.29, 0.717) is 40.6 Å². The van der Waals surface area contributed by atoms with E-state index in [1.807, 2.05) is 13.0 Å². The van der Waals surface area contributed by atoms with Gasteiger partial charge in [0.2, 0.25) is 5.89 Å². The first kappa shape index (κ1) is 21.3. The van der Waals surface area contributed by atoms with Crippen molar-refractivity contribution in [2.75, 3.05) is 16.2 Å². The van der Waals surface area contributed by atoms with E-state index in [1.165, 1.54) is 35.2 Å². The van der Waals surface area contributed by atoms with Crippen molar-refractivity contribution < 1.29 is 22.5 Å². The van der Waals surface area contributed by atoms with Gasteiger partial charge in [0, 0.05) is 18.2 Å². The number of nitrogens with one attached hydrogen (secondary N) is 1. The number of aromatic nitrogens is 2.